The highest BCUT2D eigenvalue weighted by Crippen LogP contribution is 2.22. The van der Waals surface area contributed by atoms with Gasteiger partial charge in [-0.1, -0.05) is 29.3 Å². The fourth-order valence-electron chi connectivity index (χ4n) is 1.64. The Bertz CT molecular complexity index is 458. The van der Waals surface area contributed by atoms with Crippen LogP contribution in [0.1, 0.15) is 5.56 Å². The first-order valence-corrected chi connectivity index (χ1v) is 7.34. The van der Waals surface area contributed by atoms with Gasteiger partial charge in [-0.15, -0.1) is 0 Å². The van der Waals surface area contributed by atoms with Gasteiger partial charge in [-0.25, -0.2) is 0 Å². The van der Waals surface area contributed by atoms with Gasteiger partial charge >= 0.3 is 0 Å². The molecule has 0 fully saturated rings. The summed E-state index contributed by atoms with van der Waals surface area (Å²) in [6.45, 7) is 1.87. The average Bonchev–Trinajstić information content (AvgIpc) is 2.46. The van der Waals surface area contributed by atoms with Gasteiger partial charge in [0.25, 0.3) is 0 Å². The van der Waals surface area contributed by atoms with Crippen LogP contribution in [-0.4, -0.2) is 45.4 Å². The summed E-state index contributed by atoms with van der Waals surface area (Å²) in [5.41, 5.74) is 6.72. The fourth-order valence-corrected chi connectivity index (χ4v) is 1.96. The SMILES string of the molecule is COCCOCCNC(=O)[C@@H](N)Cc1ccc(Cl)c(Cl)c1. The molecular formula is C14H20Cl2N2O3. The van der Waals surface area contributed by atoms with E-state index in [-0.39, 0.29) is 5.91 Å². The van der Waals surface area contributed by atoms with Crippen molar-refractivity contribution < 1.29 is 14.3 Å². The van der Waals surface area contributed by atoms with Gasteiger partial charge in [0.2, 0.25) is 5.91 Å². The summed E-state index contributed by atoms with van der Waals surface area (Å²) in [6.07, 6.45) is 0.396. The molecule has 0 heterocycles. The van der Waals surface area contributed by atoms with E-state index < -0.39 is 6.04 Å². The molecule has 5 nitrogen and oxygen atoms in total. The minimum Gasteiger partial charge on any atom is -0.382 e. The number of methoxy groups -OCH3 is 1. The molecule has 0 saturated heterocycles. The van der Waals surface area contributed by atoms with Crippen molar-refractivity contribution >= 4 is 29.1 Å². The number of benzene rings is 1. The lowest BCUT2D eigenvalue weighted by Gasteiger charge is -2.13. The molecule has 0 aliphatic rings. The first kappa shape index (κ1) is 18.2. The van der Waals surface area contributed by atoms with Gasteiger partial charge < -0.3 is 20.5 Å². The highest BCUT2D eigenvalue weighted by atomic mass is 35.5. The maximum Gasteiger partial charge on any atom is 0.237 e. The number of hydrogen-bond acceptors (Lipinski definition) is 4. The third-order valence-corrected chi connectivity index (χ3v) is 3.49. The highest BCUT2D eigenvalue weighted by Gasteiger charge is 2.14. The molecule has 1 aromatic carbocycles. The maximum absolute atomic E-state index is 11.8. The molecule has 1 amide bonds. The van der Waals surface area contributed by atoms with E-state index in [0.717, 1.165) is 5.56 Å². The molecule has 0 unspecified atom stereocenters. The molecule has 1 aromatic rings. The zero-order chi connectivity index (χ0) is 15.7. The van der Waals surface area contributed by atoms with Crippen LogP contribution < -0.4 is 11.1 Å². The topological polar surface area (TPSA) is 73.6 Å². The van der Waals surface area contributed by atoms with E-state index in [0.29, 0.717) is 42.8 Å². The van der Waals surface area contributed by atoms with E-state index in [1.165, 1.54) is 0 Å². The summed E-state index contributed by atoms with van der Waals surface area (Å²) in [4.78, 5) is 11.8. The summed E-state index contributed by atoms with van der Waals surface area (Å²) in [6, 6.07) is 4.56. The molecule has 0 spiro atoms. The highest BCUT2D eigenvalue weighted by molar-refractivity contribution is 6.42. The smallest absolute Gasteiger partial charge is 0.237 e. The number of amides is 1. The number of carbonyl (C=O) groups is 1. The summed E-state index contributed by atoms with van der Waals surface area (Å²) >= 11 is 11.8. The molecular weight excluding hydrogens is 315 g/mol. The molecule has 1 atom stereocenters. The van der Waals surface area contributed by atoms with Crippen molar-refractivity contribution in [2.45, 2.75) is 12.5 Å². The van der Waals surface area contributed by atoms with Crippen molar-refractivity contribution in [1.82, 2.24) is 5.32 Å². The van der Waals surface area contributed by atoms with Gasteiger partial charge in [-0.05, 0) is 24.1 Å². The van der Waals surface area contributed by atoms with Crippen molar-refractivity contribution in [3.8, 4) is 0 Å². The van der Waals surface area contributed by atoms with Gasteiger partial charge in [0, 0.05) is 13.7 Å². The van der Waals surface area contributed by atoms with E-state index in [9.17, 15) is 4.79 Å². The van der Waals surface area contributed by atoms with Crippen LogP contribution in [0.25, 0.3) is 0 Å². The molecule has 21 heavy (non-hydrogen) atoms. The Balaban J connectivity index is 2.29. The van der Waals surface area contributed by atoms with E-state index in [2.05, 4.69) is 5.32 Å². The number of hydrogen-bond donors (Lipinski definition) is 2. The van der Waals surface area contributed by atoms with Gasteiger partial charge in [0.1, 0.15) is 0 Å². The molecule has 118 valence electrons. The molecule has 0 aliphatic heterocycles. The van der Waals surface area contributed by atoms with E-state index in [1.807, 2.05) is 0 Å². The Labute approximate surface area is 134 Å². The molecule has 0 bridgehead atoms. The lowest BCUT2D eigenvalue weighted by molar-refractivity contribution is -0.122. The van der Waals surface area contributed by atoms with Crippen LogP contribution in [0.5, 0.6) is 0 Å². The van der Waals surface area contributed by atoms with Crippen LogP contribution in [0.3, 0.4) is 0 Å². The Hall–Kier alpha value is -0.850. The standard InChI is InChI=1S/C14H20Cl2N2O3/c1-20-6-7-21-5-4-18-14(19)13(17)9-10-2-3-11(15)12(16)8-10/h2-3,8,13H,4-7,9,17H2,1H3,(H,18,19)/t13-/m0/s1. The zero-order valence-corrected chi connectivity index (χ0v) is 13.4. The van der Waals surface area contributed by atoms with Crippen LogP contribution in [0, 0.1) is 0 Å². The third kappa shape index (κ3) is 7.11. The van der Waals surface area contributed by atoms with E-state index >= 15 is 0 Å². The number of carbonyl (C=O) groups excluding carboxylic acids is 1. The van der Waals surface area contributed by atoms with E-state index in [1.54, 1.807) is 25.3 Å². The van der Waals surface area contributed by atoms with Gasteiger partial charge in [-0.3, -0.25) is 4.79 Å². The van der Waals surface area contributed by atoms with Crippen molar-refractivity contribution in [2.24, 2.45) is 5.73 Å². The normalized spacial score (nSPS) is 12.2. The monoisotopic (exact) mass is 334 g/mol. The lowest BCUT2D eigenvalue weighted by Crippen LogP contribution is -2.43. The first-order valence-electron chi connectivity index (χ1n) is 6.58. The second-order valence-corrected chi connectivity index (χ2v) is 5.27. The van der Waals surface area contributed by atoms with Crippen molar-refractivity contribution in [3.05, 3.63) is 33.8 Å². The Morgan fingerprint density at radius 1 is 1.29 bits per heavy atom. The lowest BCUT2D eigenvalue weighted by atomic mass is 10.1. The first-order chi connectivity index (χ1) is 10.0. The number of halogens is 2. The van der Waals surface area contributed by atoms with Gasteiger partial charge in [0.05, 0.1) is 35.9 Å². The van der Waals surface area contributed by atoms with Crippen LogP contribution in [0.4, 0.5) is 0 Å². The molecule has 3 N–H and O–H groups in total. The summed E-state index contributed by atoms with van der Waals surface area (Å²) in [7, 11) is 1.60. The Morgan fingerprint density at radius 3 is 2.71 bits per heavy atom. The number of nitrogens with one attached hydrogen (secondary N) is 1. The second kappa shape index (κ2) is 9.97. The predicted molar refractivity (Wildman–Crippen MR) is 83.8 cm³/mol. The number of ether oxygens (including phenoxy) is 2. The summed E-state index contributed by atoms with van der Waals surface area (Å²) < 4.78 is 10.1. The minimum atomic E-state index is -0.638. The van der Waals surface area contributed by atoms with Crippen molar-refractivity contribution in [2.75, 3.05) is 33.5 Å². The molecule has 0 aromatic heterocycles. The average molecular weight is 335 g/mol. The molecule has 7 heteroatoms. The summed E-state index contributed by atoms with van der Waals surface area (Å²) in [5, 5.41) is 3.65. The zero-order valence-electron chi connectivity index (χ0n) is 11.9. The third-order valence-electron chi connectivity index (χ3n) is 2.75. The van der Waals surface area contributed by atoms with Gasteiger partial charge in [-0.2, -0.15) is 0 Å². The van der Waals surface area contributed by atoms with Crippen LogP contribution in [-0.2, 0) is 20.7 Å². The van der Waals surface area contributed by atoms with Crippen molar-refractivity contribution in [3.63, 3.8) is 0 Å². The second-order valence-electron chi connectivity index (χ2n) is 4.46. The molecule has 0 saturated carbocycles. The largest absolute Gasteiger partial charge is 0.382 e. The predicted octanol–water partition coefficient (Wildman–Crippen LogP) is 1.64. The Morgan fingerprint density at radius 2 is 2.05 bits per heavy atom. The number of nitrogens with two attached hydrogens (primary N) is 1. The van der Waals surface area contributed by atoms with Crippen LogP contribution in [0.15, 0.2) is 18.2 Å². The maximum atomic E-state index is 11.8. The van der Waals surface area contributed by atoms with Crippen LogP contribution >= 0.6 is 23.2 Å². The van der Waals surface area contributed by atoms with Crippen LogP contribution in [0.2, 0.25) is 10.0 Å². The number of rotatable bonds is 9. The fraction of sp³-hybridized carbons (Fsp3) is 0.500. The molecule has 0 aliphatic carbocycles. The molecule has 0 radical (unpaired) electrons. The van der Waals surface area contributed by atoms with E-state index in [4.69, 9.17) is 38.4 Å². The van der Waals surface area contributed by atoms with Gasteiger partial charge in [0.15, 0.2) is 0 Å². The quantitative estimate of drug-likeness (QED) is 0.673. The van der Waals surface area contributed by atoms with Crippen molar-refractivity contribution in [1.29, 1.82) is 0 Å². The Kier molecular flexibility index (Phi) is 8.64. The minimum absolute atomic E-state index is 0.226. The summed E-state index contributed by atoms with van der Waals surface area (Å²) in [5.74, 6) is -0.226. The molecule has 1 rings (SSSR count).